The van der Waals surface area contributed by atoms with Crippen LogP contribution in [-0.4, -0.2) is 40.2 Å². The lowest BCUT2D eigenvalue weighted by Gasteiger charge is -2.31. The Morgan fingerprint density at radius 1 is 1.14 bits per heavy atom. The highest BCUT2D eigenvalue weighted by Gasteiger charge is 2.35. The second-order valence-electron chi connectivity index (χ2n) is 7.93. The summed E-state index contributed by atoms with van der Waals surface area (Å²) in [5.74, 6) is -2.28. The zero-order chi connectivity index (χ0) is 25.5. The van der Waals surface area contributed by atoms with Crippen LogP contribution in [0, 0.1) is 0 Å². The molecule has 1 atom stereocenters. The van der Waals surface area contributed by atoms with Crippen molar-refractivity contribution >= 4 is 39.9 Å². The van der Waals surface area contributed by atoms with Crippen molar-refractivity contribution in [3.05, 3.63) is 64.1 Å². The summed E-state index contributed by atoms with van der Waals surface area (Å²) in [5.41, 5.74) is -1.17. The van der Waals surface area contributed by atoms with Crippen molar-refractivity contribution in [2.45, 2.75) is 25.6 Å². The van der Waals surface area contributed by atoms with Gasteiger partial charge in [0, 0.05) is 12.4 Å². The van der Waals surface area contributed by atoms with Crippen LogP contribution in [0.4, 0.5) is 24.5 Å². The molecule has 12 heteroatoms. The van der Waals surface area contributed by atoms with Crippen molar-refractivity contribution in [2.24, 2.45) is 7.05 Å². The topological polar surface area (TPSA) is 111 Å². The van der Waals surface area contributed by atoms with E-state index in [2.05, 4.69) is 10.4 Å². The zero-order valence-electron chi connectivity index (χ0n) is 18.5. The largest absolute Gasteiger partial charge is 0.452 e. The summed E-state index contributed by atoms with van der Waals surface area (Å²) in [6.45, 7) is 0.842. The van der Waals surface area contributed by atoms with Crippen molar-refractivity contribution in [3.63, 3.8) is 0 Å². The molecule has 1 aliphatic heterocycles. The van der Waals surface area contributed by atoms with E-state index in [4.69, 9.17) is 4.74 Å². The van der Waals surface area contributed by atoms with E-state index >= 15 is 0 Å². The SMILES string of the molecule is CC(OC(=O)Cc1nn(C)c(=O)c2ccccc12)C(=O)N1CC(=O)Nc2cc(C(F)(F)F)ccc21. The number of anilines is 2. The highest BCUT2D eigenvalue weighted by atomic mass is 19.4. The Labute approximate surface area is 196 Å². The number of hydrogen-bond acceptors (Lipinski definition) is 6. The molecule has 0 spiro atoms. The number of nitrogens with zero attached hydrogens (tertiary/aromatic N) is 3. The highest BCUT2D eigenvalue weighted by molar-refractivity contribution is 6.11. The Hall–Kier alpha value is -4.22. The lowest BCUT2D eigenvalue weighted by molar-refractivity contribution is -0.153. The second-order valence-corrected chi connectivity index (χ2v) is 7.93. The molecule has 0 radical (unpaired) electrons. The third kappa shape index (κ3) is 4.72. The van der Waals surface area contributed by atoms with E-state index in [9.17, 15) is 32.3 Å². The van der Waals surface area contributed by atoms with Gasteiger partial charge in [0.1, 0.15) is 6.54 Å². The highest BCUT2D eigenvalue weighted by Crippen LogP contribution is 2.37. The number of halogens is 3. The van der Waals surface area contributed by atoms with Gasteiger partial charge in [-0.1, -0.05) is 18.2 Å². The maximum atomic E-state index is 13.0. The first kappa shape index (κ1) is 23.9. The molecule has 0 saturated heterocycles. The molecule has 2 aromatic carbocycles. The Balaban J connectivity index is 1.53. The van der Waals surface area contributed by atoms with Gasteiger partial charge in [0.15, 0.2) is 6.10 Å². The molecule has 1 aromatic heterocycles. The van der Waals surface area contributed by atoms with Gasteiger partial charge >= 0.3 is 12.1 Å². The van der Waals surface area contributed by atoms with Crippen molar-refractivity contribution in [1.29, 1.82) is 0 Å². The van der Waals surface area contributed by atoms with E-state index < -0.39 is 42.2 Å². The van der Waals surface area contributed by atoms with E-state index in [1.165, 1.54) is 14.0 Å². The maximum Gasteiger partial charge on any atom is 0.416 e. The van der Waals surface area contributed by atoms with Gasteiger partial charge in [-0.3, -0.25) is 24.1 Å². The van der Waals surface area contributed by atoms with Crippen LogP contribution in [0.15, 0.2) is 47.3 Å². The lowest BCUT2D eigenvalue weighted by atomic mass is 10.1. The van der Waals surface area contributed by atoms with Crippen molar-refractivity contribution in [1.82, 2.24) is 9.78 Å². The summed E-state index contributed by atoms with van der Waals surface area (Å²) in [5, 5.41) is 7.27. The number of carbonyl (C=O) groups is 3. The van der Waals surface area contributed by atoms with Gasteiger partial charge in [-0.15, -0.1) is 0 Å². The Bertz CT molecular complexity index is 1420. The van der Waals surface area contributed by atoms with E-state index in [0.29, 0.717) is 10.8 Å². The number of amides is 2. The number of fused-ring (bicyclic) bond motifs is 2. The minimum absolute atomic E-state index is 0.0521. The predicted molar refractivity (Wildman–Crippen MR) is 119 cm³/mol. The number of benzene rings is 2. The van der Waals surface area contributed by atoms with Crippen LogP contribution in [0.2, 0.25) is 0 Å². The average Bonchev–Trinajstić information content (AvgIpc) is 2.80. The molecule has 2 amide bonds. The second kappa shape index (κ2) is 8.85. The molecular formula is C23H19F3N4O5. The number of aryl methyl sites for hydroxylation is 1. The molecule has 9 nitrogen and oxygen atoms in total. The molecule has 1 unspecified atom stereocenters. The molecule has 0 fully saturated rings. The van der Waals surface area contributed by atoms with Crippen LogP contribution in [-0.2, 0) is 38.8 Å². The van der Waals surface area contributed by atoms with Crippen molar-refractivity contribution in [3.8, 4) is 0 Å². The molecule has 182 valence electrons. The maximum absolute atomic E-state index is 13.0. The fourth-order valence-corrected chi connectivity index (χ4v) is 3.81. The molecule has 1 aliphatic rings. The summed E-state index contributed by atoms with van der Waals surface area (Å²) < 4.78 is 45.4. The van der Waals surface area contributed by atoms with Crippen molar-refractivity contribution < 1.29 is 32.3 Å². The summed E-state index contributed by atoms with van der Waals surface area (Å²) in [7, 11) is 1.44. The monoisotopic (exact) mass is 488 g/mol. The van der Waals surface area contributed by atoms with E-state index in [0.717, 1.165) is 27.8 Å². The van der Waals surface area contributed by atoms with E-state index in [1.54, 1.807) is 24.3 Å². The number of rotatable bonds is 4. The third-order valence-electron chi connectivity index (χ3n) is 5.46. The van der Waals surface area contributed by atoms with Crippen LogP contribution < -0.4 is 15.8 Å². The normalized spacial score (nSPS) is 14.3. The fourth-order valence-electron chi connectivity index (χ4n) is 3.81. The quantitative estimate of drug-likeness (QED) is 0.565. The summed E-state index contributed by atoms with van der Waals surface area (Å²) in [4.78, 5) is 50.8. The lowest BCUT2D eigenvalue weighted by Crippen LogP contribution is -2.47. The van der Waals surface area contributed by atoms with Crippen LogP contribution in [0.25, 0.3) is 10.8 Å². The number of nitrogens with one attached hydrogen (secondary N) is 1. The smallest absolute Gasteiger partial charge is 0.416 e. The molecule has 4 rings (SSSR count). The summed E-state index contributed by atoms with van der Waals surface area (Å²) >= 11 is 0. The minimum Gasteiger partial charge on any atom is -0.452 e. The van der Waals surface area contributed by atoms with E-state index in [1.807, 2.05) is 0 Å². The Morgan fingerprint density at radius 2 is 1.83 bits per heavy atom. The van der Waals surface area contributed by atoms with Crippen LogP contribution >= 0.6 is 0 Å². The predicted octanol–water partition coefficient (Wildman–Crippen LogP) is 2.41. The third-order valence-corrected chi connectivity index (χ3v) is 5.46. The van der Waals surface area contributed by atoms with Crippen LogP contribution in [0.3, 0.4) is 0 Å². The summed E-state index contributed by atoms with van der Waals surface area (Å²) in [6.07, 6.45) is -6.31. The molecule has 35 heavy (non-hydrogen) atoms. The van der Waals surface area contributed by atoms with E-state index in [-0.39, 0.29) is 29.0 Å². The van der Waals surface area contributed by atoms with Gasteiger partial charge in [-0.2, -0.15) is 18.3 Å². The number of esters is 1. The van der Waals surface area contributed by atoms with Gasteiger partial charge in [-0.25, -0.2) is 4.68 Å². The van der Waals surface area contributed by atoms with Crippen molar-refractivity contribution in [2.75, 3.05) is 16.8 Å². The molecular weight excluding hydrogens is 469 g/mol. The first-order valence-electron chi connectivity index (χ1n) is 10.4. The number of alkyl halides is 3. The summed E-state index contributed by atoms with van der Waals surface area (Å²) in [6, 6.07) is 9.21. The molecule has 0 aliphatic carbocycles. The van der Waals surface area contributed by atoms with Gasteiger partial charge in [0.2, 0.25) is 5.91 Å². The molecule has 1 N–H and O–H groups in total. The van der Waals surface area contributed by atoms with Gasteiger partial charge in [0.25, 0.3) is 11.5 Å². The molecule has 0 bridgehead atoms. The number of carbonyl (C=O) groups excluding carboxylic acids is 3. The van der Waals surface area contributed by atoms with Gasteiger partial charge < -0.3 is 10.1 Å². The van der Waals surface area contributed by atoms with Crippen LogP contribution in [0.1, 0.15) is 18.2 Å². The average molecular weight is 488 g/mol. The molecule has 3 aromatic rings. The van der Waals surface area contributed by atoms with Crippen LogP contribution in [0.5, 0.6) is 0 Å². The first-order valence-corrected chi connectivity index (χ1v) is 10.4. The first-order chi connectivity index (χ1) is 16.5. The standard InChI is InChI=1S/C23H19F3N4O5/c1-12(35-20(32)10-16-14-5-3-4-6-15(14)22(34)29(2)28-16)21(33)30-11-19(31)27-17-9-13(23(24,25)26)7-8-18(17)30/h3-9,12H,10-11H2,1-2H3,(H,27,31). The fraction of sp³-hybridized carbons (Fsp3) is 0.261. The van der Waals surface area contributed by atoms with Gasteiger partial charge in [-0.05, 0) is 31.2 Å². The number of ether oxygens (including phenoxy) is 1. The Morgan fingerprint density at radius 3 is 2.51 bits per heavy atom. The molecule has 0 saturated carbocycles. The van der Waals surface area contributed by atoms with Gasteiger partial charge in [0.05, 0.1) is 34.4 Å². The minimum atomic E-state index is -4.63. The zero-order valence-corrected chi connectivity index (χ0v) is 18.5. The Kier molecular flexibility index (Phi) is 6.05. The number of aromatic nitrogens is 2. The number of hydrogen-bond donors (Lipinski definition) is 1. The molecule has 2 heterocycles.